The van der Waals surface area contributed by atoms with Crippen LogP contribution in [0.3, 0.4) is 0 Å². The fraction of sp³-hybridized carbons (Fsp3) is 0.933. The Morgan fingerprint density at radius 3 is 2.29 bits per heavy atom. The van der Waals surface area contributed by atoms with Gasteiger partial charge in [0.2, 0.25) is 5.91 Å². The molecule has 1 amide bonds. The molecule has 1 aliphatic carbocycles. The monoisotopic (exact) mass is 239 g/mol. The zero-order valence-corrected chi connectivity index (χ0v) is 11.4. The molecule has 0 saturated heterocycles. The smallest absolute Gasteiger partial charge is 0.220 e. The fourth-order valence-corrected chi connectivity index (χ4v) is 3.11. The van der Waals surface area contributed by atoms with Gasteiger partial charge in [0, 0.05) is 5.92 Å². The molecule has 0 spiro atoms. The first-order valence-corrected chi connectivity index (χ1v) is 7.55. The van der Waals surface area contributed by atoms with Crippen molar-refractivity contribution in [3.8, 4) is 0 Å². The number of hydrogen-bond donors (Lipinski definition) is 1. The van der Waals surface area contributed by atoms with E-state index in [2.05, 4.69) is 6.92 Å². The molecule has 1 fully saturated rings. The second kappa shape index (κ2) is 8.54. The lowest BCUT2D eigenvalue weighted by molar-refractivity contribution is -0.123. The maximum atomic E-state index is 11.5. The Kier molecular flexibility index (Phi) is 7.30. The van der Waals surface area contributed by atoms with E-state index < -0.39 is 0 Å². The van der Waals surface area contributed by atoms with Gasteiger partial charge in [-0.2, -0.15) is 0 Å². The van der Waals surface area contributed by atoms with Gasteiger partial charge in [0.1, 0.15) is 0 Å². The van der Waals surface area contributed by atoms with Crippen LogP contribution in [0.5, 0.6) is 0 Å². The highest BCUT2D eigenvalue weighted by Gasteiger charge is 2.28. The van der Waals surface area contributed by atoms with Gasteiger partial charge in [0.25, 0.3) is 0 Å². The average molecular weight is 239 g/mol. The summed E-state index contributed by atoms with van der Waals surface area (Å²) in [5.74, 6) is 0.720. The molecule has 2 nitrogen and oxygen atoms in total. The van der Waals surface area contributed by atoms with Crippen LogP contribution >= 0.6 is 0 Å². The van der Waals surface area contributed by atoms with Gasteiger partial charge in [0.05, 0.1) is 0 Å². The van der Waals surface area contributed by atoms with E-state index in [9.17, 15) is 4.79 Å². The average Bonchev–Trinajstić information content (AvgIpc) is 2.81. The number of nitrogens with two attached hydrogens (primary N) is 1. The van der Waals surface area contributed by atoms with Crippen LogP contribution in [-0.2, 0) is 4.79 Å². The summed E-state index contributed by atoms with van der Waals surface area (Å²) in [6.07, 6.45) is 13.9. The number of carbonyl (C=O) groups excluding carboxylic acids is 1. The molecule has 1 unspecified atom stereocenters. The van der Waals surface area contributed by atoms with Crippen LogP contribution in [0.25, 0.3) is 0 Å². The van der Waals surface area contributed by atoms with Crippen molar-refractivity contribution in [2.24, 2.45) is 17.6 Å². The predicted octanol–water partition coefficient (Wildman–Crippen LogP) is 4.03. The standard InChI is InChI=1S/C15H29NO/c1-2-3-4-5-6-7-12-14(15(16)17)13-10-8-9-11-13/h13-14H,2-12H2,1H3,(H2,16,17). The fourth-order valence-electron chi connectivity index (χ4n) is 3.11. The van der Waals surface area contributed by atoms with Gasteiger partial charge in [0.15, 0.2) is 0 Å². The molecule has 0 heterocycles. The minimum absolute atomic E-state index is 0.0505. The summed E-state index contributed by atoms with van der Waals surface area (Å²) < 4.78 is 0. The Morgan fingerprint density at radius 2 is 1.71 bits per heavy atom. The molecule has 0 radical (unpaired) electrons. The predicted molar refractivity (Wildman–Crippen MR) is 72.6 cm³/mol. The van der Waals surface area contributed by atoms with Gasteiger partial charge in [-0.3, -0.25) is 4.79 Å². The largest absolute Gasteiger partial charge is 0.369 e. The Labute approximate surface area is 106 Å². The van der Waals surface area contributed by atoms with Crippen molar-refractivity contribution in [1.82, 2.24) is 0 Å². The van der Waals surface area contributed by atoms with Crippen LogP contribution in [0.15, 0.2) is 0 Å². The van der Waals surface area contributed by atoms with E-state index >= 15 is 0 Å². The summed E-state index contributed by atoms with van der Waals surface area (Å²) in [5, 5.41) is 0. The lowest BCUT2D eigenvalue weighted by Crippen LogP contribution is -2.28. The maximum absolute atomic E-state index is 11.5. The minimum Gasteiger partial charge on any atom is -0.369 e. The second-order valence-corrected chi connectivity index (χ2v) is 5.61. The van der Waals surface area contributed by atoms with E-state index in [1.54, 1.807) is 0 Å². The third-order valence-corrected chi connectivity index (χ3v) is 4.20. The molecule has 0 aliphatic heterocycles. The first kappa shape index (κ1) is 14.5. The molecule has 2 N–H and O–H groups in total. The summed E-state index contributed by atoms with van der Waals surface area (Å²) in [6, 6.07) is 0. The first-order chi connectivity index (χ1) is 8.25. The Balaban J connectivity index is 2.14. The zero-order valence-electron chi connectivity index (χ0n) is 11.4. The number of unbranched alkanes of at least 4 members (excludes halogenated alkanes) is 5. The van der Waals surface area contributed by atoms with Crippen LogP contribution in [0.1, 0.15) is 77.6 Å². The zero-order chi connectivity index (χ0) is 12.5. The maximum Gasteiger partial charge on any atom is 0.220 e. The van der Waals surface area contributed by atoms with Crippen molar-refractivity contribution >= 4 is 5.91 Å². The number of primary amides is 1. The third-order valence-electron chi connectivity index (χ3n) is 4.20. The van der Waals surface area contributed by atoms with Gasteiger partial charge < -0.3 is 5.73 Å². The third kappa shape index (κ3) is 5.56. The molecule has 1 aliphatic rings. The van der Waals surface area contributed by atoms with E-state index in [4.69, 9.17) is 5.73 Å². The first-order valence-electron chi connectivity index (χ1n) is 7.55. The van der Waals surface area contributed by atoms with Gasteiger partial charge in [-0.1, -0.05) is 58.3 Å². The van der Waals surface area contributed by atoms with Crippen molar-refractivity contribution in [2.75, 3.05) is 0 Å². The van der Waals surface area contributed by atoms with Gasteiger partial charge in [-0.25, -0.2) is 0 Å². The molecule has 0 aromatic rings. The Hall–Kier alpha value is -0.530. The molecule has 1 saturated carbocycles. The number of rotatable bonds is 9. The van der Waals surface area contributed by atoms with Crippen molar-refractivity contribution in [3.05, 3.63) is 0 Å². The highest BCUT2D eigenvalue weighted by Crippen LogP contribution is 2.34. The van der Waals surface area contributed by atoms with Crippen molar-refractivity contribution in [1.29, 1.82) is 0 Å². The highest BCUT2D eigenvalue weighted by atomic mass is 16.1. The summed E-state index contributed by atoms with van der Waals surface area (Å²) >= 11 is 0. The topological polar surface area (TPSA) is 43.1 Å². The highest BCUT2D eigenvalue weighted by molar-refractivity contribution is 5.76. The van der Waals surface area contributed by atoms with Crippen molar-refractivity contribution < 1.29 is 4.79 Å². The van der Waals surface area contributed by atoms with E-state index in [-0.39, 0.29) is 11.8 Å². The molecule has 0 aromatic heterocycles. The van der Waals surface area contributed by atoms with Crippen LogP contribution < -0.4 is 5.73 Å². The summed E-state index contributed by atoms with van der Waals surface area (Å²) in [7, 11) is 0. The van der Waals surface area contributed by atoms with Gasteiger partial charge in [-0.05, 0) is 25.2 Å². The lowest BCUT2D eigenvalue weighted by Gasteiger charge is -2.19. The summed E-state index contributed by atoms with van der Waals surface area (Å²) in [4.78, 5) is 11.5. The second-order valence-electron chi connectivity index (χ2n) is 5.61. The minimum atomic E-state index is -0.0505. The quantitative estimate of drug-likeness (QED) is 0.606. The molecule has 1 rings (SSSR count). The molecule has 100 valence electrons. The molecule has 0 bridgehead atoms. The SMILES string of the molecule is CCCCCCCCC(C(N)=O)C1CCCC1. The molecule has 2 heteroatoms. The van der Waals surface area contributed by atoms with Crippen LogP contribution in [0.2, 0.25) is 0 Å². The summed E-state index contributed by atoms with van der Waals surface area (Å²) in [6.45, 7) is 2.24. The number of hydrogen-bond acceptors (Lipinski definition) is 1. The van der Waals surface area contributed by atoms with E-state index in [0.717, 1.165) is 6.42 Å². The summed E-state index contributed by atoms with van der Waals surface area (Å²) in [5.41, 5.74) is 5.54. The van der Waals surface area contributed by atoms with E-state index in [1.165, 1.54) is 64.2 Å². The molecule has 1 atom stereocenters. The van der Waals surface area contributed by atoms with Gasteiger partial charge in [-0.15, -0.1) is 0 Å². The number of amides is 1. The van der Waals surface area contributed by atoms with Crippen LogP contribution in [-0.4, -0.2) is 5.91 Å². The van der Waals surface area contributed by atoms with E-state index in [0.29, 0.717) is 5.92 Å². The number of carbonyl (C=O) groups is 1. The van der Waals surface area contributed by atoms with Crippen LogP contribution in [0, 0.1) is 11.8 Å². The molecule has 0 aromatic carbocycles. The Bertz CT molecular complexity index is 209. The molecular weight excluding hydrogens is 210 g/mol. The lowest BCUT2D eigenvalue weighted by atomic mass is 9.86. The van der Waals surface area contributed by atoms with Gasteiger partial charge >= 0.3 is 0 Å². The van der Waals surface area contributed by atoms with Crippen molar-refractivity contribution in [3.63, 3.8) is 0 Å². The Morgan fingerprint density at radius 1 is 1.12 bits per heavy atom. The molecule has 17 heavy (non-hydrogen) atoms. The van der Waals surface area contributed by atoms with E-state index in [1.807, 2.05) is 0 Å². The molecular formula is C15H29NO. The van der Waals surface area contributed by atoms with Crippen LogP contribution in [0.4, 0.5) is 0 Å². The van der Waals surface area contributed by atoms with Crippen molar-refractivity contribution in [2.45, 2.75) is 77.6 Å². The normalized spacial score (nSPS) is 18.4.